The van der Waals surface area contributed by atoms with Crippen molar-refractivity contribution < 1.29 is 19.1 Å². The topological polar surface area (TPSA) is 88.7 Å². The molecule has 1 heterocycles. The summed E-state index contributed by atoms with van der Waals surface area (Å²) in [5.74, 6) is 0.513. The Bertz CT molecular complexity index is 831. The minimum atomic E-state index is -0.168. The lowest BCUT2D eigenvalue weighted by atomic mass is 10.2. The number of ether oxygens (including phenoxy) is 2. The smallest absolute Gasteiger partial charge is 0.251 e. The molecule has 31 heavy (non-hydrogen) atoms. The van der Waals surface area contributed by atoms with Crippen LogP contribution in [-0.2, 0) is 9.53 Å². The molecule has 7 nitrogen and oxygen atoms in total. The monoisotopic (exact) mass is 425 g/mol. The largest absolute Gasteiger partial charge is 0.491 e. The van der Waals surface area contributed by atoms with Gasteiger partial charge in [-0.15, -0.1) is 0 Å². The second-order valence-corrected chi connectivity index (χ2v) is 7.56. The first kappa shape index (κ1) is 22.6. The second kappa shape index (κ2) is 12.0. The second-order valence-electron chi connectivity index (χ2n) is 7.56. The lowest BCUT2D eigenvalue weighted by molar-refractivity contribution is -0.114. The van der Waals surface area contributed by atoms with Crippen LogP contribution in [0.4, 0.5) is 11.4 Å². The Morgan fingerprint density at radius 1 is 1.06 bits per heavy atom. The maximum absolute atomic E-state index is 12.2. The Labute approximate surface area is 183 Å². The summed E-state index contributed by atoms with van der Waals surface area (Å²) in [4.78, 5) is 24.2. The normalized spacial score (nSPS) is 15.3. The highest BCUT2D eigenvalue weighted by Crippen LogP contribution is 2.18. The van der Waals surface area contributed by atoms with Gasteiger partial charge in [0.25, 0.3) is 5.91 Å². The molecule has 0 aliphatic carbocycles. The summed E-state index contributed by atoms with van der Waals surface area (Å²) in [7, 11) is 0. The summed E-state index contributed by atoms with van der Waals surface area (Å²) in [6.45, 7) is 4.26. The molecular formula is C24H31N3O4. The first-order valence-electron chi connectivity index (χ1n) is 10.9. The van der Waals surface area contributed by atoms with Crippen LogP contribution in [0.15, 0.2) is 48.5 Å². The van der Waals surface area contributed by atoms with Crippen LogP contribution in [0.5, 0.6) is 5.75 Å². The average molecular weight is 426 g/mol. The summed E-state index contributed by atoms with van der Waals surface area (Å²) >= 11 is 0. The minimum Gasteiger partial charge on any atom is -0.491 e. The first-order valence-corrected chi connectivity index (χ1v) is 10.9. The molecule has 2 aromatic carbocycles. The zero-order chi connectivity index (χ0) is 21.9. The minimum absolute atomic E-state index is 0.101. The van der Waals surface area contributed by atoms with Gasteiger partial charge in [0, 0.05) is 30.1 Å². The SMILES string of the molecule is CCCCNC(=O)c1ccc(NC(=O)CNc2ccc(OCC3CCCO3)cc2)cc1. The number of carbonyl (C=O) groups is 2. The molecule has 1 unspecified atom stereocenters. The maximum atomic E-state index is 12.2. The third-order valence-electron chi connectivity index (χ3n) is 5.01. The van der Waals surface area contributed by atoms with E-state index in [-0.39, 0.29) is 24.5 Å². The first-order chi connectivity index (χ1) is 15.1. The molecule has 0 bridgehead atoms. The van der Waals surface area contributed by atoms with Crippen molar-refractivity contribution in [1.29, 1.82) is 0 Å². The van der Waals surface area contributed by atoms with E-state index in [1.165, 1.54) is 0 Å². The van der Waals surface area contributed by atoms with Crippen LogP contribution in [0.25, 0.3) is 0 Å². The predicted molar refractivity (Wildman–Crippen MR) is 122 cm³/mol. The summed E-state index contributed by atoms with van der Waals surface area (Å²) < 4.78 is 11.3. The fourth-order valence-electron chi connectivity index (χ4n) is 3.21. The molecule has 2 amide bonds. The van der Waals surface area contributed by atoms with Crippen LogP contribution in [-0.4, -0.2) is 44.2 Å². The Kier molecular flexibility index (Phi) is 8.72. The maximum Gasteiger partial charge on any atom is 0.251 e. The molecule has 0 saturated carbocycles. The van der Waals surface area contributed by atoms with Gasteiger partial charge in [0.05, 0.1) is 12.6 Å². The standard InChI is InChI=1S/C24H31N3O4/c1-2-3-14-25-24(29)18-6-8-20(9-7-18)27-23(28)16-26-19-10-12-21(13-11-19)31-17-22-5-4-15-30-22/h6-13,22,26H,2-5,14-17H2,1H3,(H,25,29)(H,27,28). The Hall–Kier alpha value is -3.06. The van der Waals surface area contributed by atoms with Gasteiger partial charge >= 0.3 is 0 Å². The molecule has 7 heteroatoms. The Balaban J connectivity index is 1.38. The summed E-state index contributed by atoms with van der Waals surface area (Å²) in [6, 6.07) is 14.4. The lowest BCUT2D eigenvalue weighted by Gasteiger charge is -2.12. The summed E-state index contributed by atoms with van der Waals surface area (Å²) in [6.07, 6.45) is 4.32. The molecule has 1 aliphatic heterocycles. The van der Waals surface area contributed by atoms with E-state index in [1.807, 2.05) is 24.3 Å². The highest BCUT2D eigenvalue weighted by molar-refractivity contribution is 5.96. The molecule has 0 radical (unpaired) electrons. The zero-order valence-electron chi connectivity index (χ0n) is 18.0. The van der Waals surface area contributed by atoms with Gasteiger partial charge in [0.1, 0.15) is 12.4 Å². The molecule has 1 fully saturated rings. The van der Waals surface area contributed by atoms with Crippen molar-refractivity contribution in [2.24, 2.45) is 0 Å². The fraction of sp³-hybridized carbons (Fsp3) is 0.417. The molecule has 1 saturated heterocycles. The third kappa shape index (κ3) is 7.61. The number of benzene rings is 2. The molecule has 2 aromatic rings. The molecular weight excluding hydrogens is 394 g/mol. The van der Waals surface area contributed by atoms with Gasteiger partial charge in [-0.1, -0.05) is 13.3 Å². The van der Waals surface area contributed by atoms with Crippen LogP contribution in [0.2, 0.25) is 0 Å². The van der Waals surface area contributed by atoms with Gasteiger partial charge in [-0.3, -0.25) is 9.59 Å². The molecule has 1 atom stereocenters. The van der Waals surface area contributed by atoms with Crippen molar-refractivity contribution in [1.82, 2.24) is 5.32 Å². The molecule has 3 rings (SSSR count). The predicted octanol–water partition coefficient (Wildman–Crippen LogP) is 3.82. The zero-order valence-corrected chi connectivity index (χ0v) is 18.0. The van der Waals surface area contributed by atoms with Gasteiger partial charge in [-0.05, 0) is 67.8 Å². The van der Waals surface area contributed by atoms with Gasteiger partial charge < -0.3 is 25.4 Å². The van der Waals surface area contributed by atoms with E-state index in [2.05, 4.69) is 22.9 Å². The third-order valence-corrected chi connectivity index (χ3v) is 5.01. The lowest BCUT2D eigenvalue weighted by Crippen LogP contribution is -2.24. The van der Waals surface area contributed by atoms with Crippen LogP contribution in [0.1, 0.15) is 43.0 Å². The molecule has 1 aliphatic rings. The van der Waals surface area contributed by atoms with Gasteiger partial charge in [-0.2, -0.15) is 0 Å². The fourth-order valence-corrected chi connectivity index (χ4v) is 3.21. The summed E-state index contributed by atoms with van der Waals surface area (Å²) in [5, 5.41) is 8.79. The van der Waals surface area contributed by atoms with E-state index in [1.54, 1.807) is 24.3 Å². The molecule has 0 spiro atoms. The number of anilines is 2. The average Bonchev–Trinajstić information content (AvgIpc) is 3.31. The highest BCUT2D eigenvalue weighted by Gasteiger charge is 2.15. The Morgan fingerprint density at radius 2 is 1.81 bits per heavy atom. The highest BCUT2D eigenvalue weighted by atomic mass is 16.5. The van der Waals surface area contributed by atoms with Crippen molar-refractivity contribution in [2.45, 2.75) is 38.7 Å². The van der Waals surface area contributed by atoms with Crippen molar-refractivity contribution in [3.63, 3.8) is 0 Å². The summed E-state index contributed by atoms with van der Waals surface area (Å²) in [5.41, 5.74) is 2.06. The van der Waals surface area contributed by atoms with Crippen molar-refractivity contribution in [3.05, 3.63) is 54.1 Å². The Morgan fingerprint density at radius 3 is 2.48 bits per heavy atom. The number of hydrogen-bond acceptors (Lipinski definition) is 5. The van der Waals surface area contributed by atoms with Crippen LogP contribution >= 0.6 is 0 Å². The van der Waals surface area contributed by atoms with E-state index in [0.717, 1.165) is 43.7 Å². The van der Waals surface area contributed by atoms with E-state index >= 15 is 0 Å². The number of unbranched alkanes of at least 4 members (excludes halogenated alkanes) is 1. The van der Waals surface area contributed by atoms with Crippen molar-refractivity contribution in [2.75, 3.05) is 36.9 Å². The number of nitrogens with one attached hydrogen (secondary N) is 3. The van der Waals surface area contributed by atoms with E-state index < -0.39 is 0 Å². The van der Waals surface area contributed by atoms with E-state index in [0.29, 0.717) is 24.4 Å². The number of rotatable bonds is 11. The van der Waals surface area contributed by atoms with E-state index in [4.69, 9.17) is 9.47 Å². The van der Waals surface area contributed by atoms with Crippen LogP contribution in [0.3, 0.4) is 0 Å². The van der Waals surface area contributed by atoms with Crippen LogP contribution < -0.4 is 20.7 Å². The molecule has 0 aromatic heterocycles. The van der Waals surface area contributed by atoms with Crippen LogP contribution in [0, 0.1) is 0 Å². The van der Waals surface area contributed by atoms with Gasteiger partial charge in [0.2, 0.25) is 5.91 Å². The van der Waals surface area contributed by atoms with Crippen molar-refractivity contribution in [3.8, 4) is 5.75 Å². The quantitative estimate of drug-likeness (QED) is 0.476. The molecule has 166 valence electrons. The van der Waals surface area contributed by atoms with Gasteiger partial charge in [-0.25, -0.2) is 0 Å². The van der Waals surface area contributed by atoms with E-state index in [9.17, 15) is 9.59 Å². The van der Waals surface area contributed by atoms with Gasteiger partial charge in [0.15, 0.2) is 0 Å². The molecule has 3 N–H and O–H groups in total. The number of hydrogen-bond donors (Lipinski definition) is 3. The van der Waals surface area contributed by atoms with Crippen molar-refractivity contribution >= 4 is 23.2 Å². The number of amides is 2. The number of carbonyl (C=O) groups excluding carboxylic acids is 2.